The molecule has 3 N–H and O–H groups in total. The molecule has 0 aliphatic carbocycles. The molecule has 5 aromatic rings. The number of pyridine rings is 2. The van der Waals surface area contributed by atoms with Crippen molar-refractivity contribution >= 4 is 17.1 Å². The molecule has 8 nitrogen and oxygen atoms in total. The van der Waals surface area contributed by atoms with Gasteiger partial charge in [0, 0.05) is 11.9 Å². The van der Waals surface area contributed by atoms with Gasteiger partial charge in [0.1, 0.15) is 17.3 Å². The smallest absolute Gasteiger partial charge is 0.198 e. The Morgan fingerprint density at radius 2 is 1.74 bits per heavy atom. The minimum atomic E-state index is -0.429. The van der Waals surface area contributed by atoms with Crippen molar-refractivity contribution in [2.24, 2.45) is 0 Å². The van der Waals surface area contributed by atoms with Crippen LogP contribution in [0.1, 0.15) is 5.56 Å². The van der Waals surface area contributed by atoms with Crippen LogP contribution >= 0.6 is 0 Å². The Morgan fingerprint density at radius 1 is 0.903 bits per heavy atom. The molecule has 1 aromatic carbocycles. The summed E-state index contributed by atoms with van der Waals surface area (Å²) in [5.41, 5.74) is 10.2. The molecule has 0 aliphatic heterocycles. The van der Waals surface area contributed by atoms with Crippen LogP contribution in [0.2, 0.25) is 0 Å². The zero-order valence-electron chi connectivity index (χ0n) is 16.1. The second-order valence-electron chi connectivity index (χ2n) is 6.80. The fourth-order valence-corrected chi connectivity index (χ4v) is 3.29. The maximum atomic E-state index is 13.3. The number of fused-ring (bicyclic) bond motifs is 1. The van der Waals surface area contributed by atoms with E-state index < -0.39 is 5.82 Å². The van der Waals surface area contributed by atoms with Crippen LogP contribution in [0.4, 0.5) is 10.2 Å². The quantitative estimate of drug-likeness (QED) is 0.465. The van der Waals surface area contributed by atoms with Gasteiger partial charge in [-0.1, -0.05) is 12.1 Å². The molecular weight excluding hydrogens is 397 g/mol. The highest BCUT2D eigenvalue weighted by Crippen LogP contribution is 2.30. The second kappa shape index (κ2) is 7.54. The Kier molecular flexibility index (Phi) is 4.57. The Balaban J connectivity index is 1.77. The molecule has 5 rings (SSSR count). The molecule has 0 amide bonds. The molecule has 0 saturated carbocycles. The third kappa shape index (κ3) is 3.36. The van der Waals surface area contributed by atoms with Crippen molar-refractivity contribution in [3.05, 3.63) is 78.5 Å². The summed E-state index contributed by atoms with van der Waals surface area (Å²) in [5.74, 6) is 0.425. The molecule has 0 unspecified atom stereocenters. The number of aliphatic hydroxyl groups excluding tert-OH is 1. The number of halogens is 1. The predicted octanol–water partition coefficient (Wildman–Crippen LogP) is 3.15. The van der Waals surface area contributed by atoms with Gasteiger partial charge in [0.25, 0.3) is 0 Å². The van der Waals surface area contributed by atoms with E-state index in [9.17, 15) is 9.50 Å². The standard InChI is InChI=1S/C22H16FN7O/c23-14-5-8-17(26-10-14)18-11-27-20-22(28-18)30(15-6-3-13(12-31)4-7-15)21(29-20)16-2-1-9-25-19(16)24/h1-11,31H,12H2,(H2,24,25). The van der Waals surface area contributed by atoms with Gasteiger partial charge in [-0.2, -0.15) is 0 Å². The Labute approximate surface area is 175 Å². The first-order valence-electron chi connectivity index (χ1n) is 9.42. The molecule has 9 heteroatoms. The summed E-state index contributed by atoms with van der Waals surface area (Å²) in [6, 6.07) is 13.8. The average Bonchev–Trinajstić information content (AvgIpc) is 3.18. The van der Waals surface area contributed by atoms with Crippen molar-refractivity contribution in [2.45, 2.75) is 6.61 Å². The number of rotatable bonds is 4. The number of aliphatic hydroxyl groups is 1. The van der Waals surface area contributed by atoms with Gasteiger partial charge in [0.2, 0.25) is 0 Å². The molecule has 152 valence electrons. The Morgan fingerprint density at radius 3 is 2.45 bits per heavy atom. The topological polar surface area (TPSA) is 116 Å². The zero-order valence-corrected chi connectivity index (χ0v) is 16.1. The number of benzene rings is 1. The van der Waals surface area contributed by atoms with Gasteiger partial charge in [-0.15, -0.1) is 0 Å². The number of nitrogen functional groups attached to an aromatic ring is 1. The van der Waals surface area contributed by atoms with Gasteiger partial charge in [0.15, 0.2) is 17.1 Å². The molecule has 0 aliphatic rings. The number of anilines is 1. The Hall–Kier alpha value is -4.24. The third-order valence-electron chi connectivity index (χ3n) is 4.82. The molecule has 0 atom stereocenters. The number of nitrogens with zero attached hydrogens (tertiary/aromatic N) is 6. The van der Waals surface area contributed by atoms with Crippen molar-refractivity contribution in [2.75, 3.05) is 5.73 Å². The molecule has 0 bridgehead atoms. The largest absolute Gasteiger partial charge is 0.392 e. The van der Waals surface area contributed by atoms with Crippen LogP contribution in [0, 0.1) is 5.82 Å². The molecule has 31 heavy (non-hydrogen) atoms. The molecule has 0 radical (unpaired) electrons. The highest BCUT2D eigenvalue weighted by atomic mass is 19.1. The molecule has 0 saturated heterocycles. The van der Waals surface area contributed by atoms with E-state index in [0.29, 0.717) is 39.9 Å². The van der Waals surface area contributed by atoms with Crippen LogP contribution < -0.4 is 5.73 Å². The first kappa shape index (κ1) is 18.8. The molecule has 4 heterocycles. The SMILES string of the molecule is Nc1ncccc1-c1nc2ncc(-c3ccc(F)cn3)nc2n1-c1ccc(CO)cc1. The van der Waals surface area contributed by atoms with Crippen LogP contribution in [-0.4, -0.2) is 34.6 Å². The molecule has 4 aromatic heterocycles. The lowest BCUT2D eigenvalue weighted by Crippen LogP contribution is -2.02. The van der Waals surface area contributed by atoms with Gasteiger partial charge in [-0.25, -0.2) is 24.3 Å². The van der Waals surface area contributed by atoms with E-state index in [1.165, 1.54) is 6.07 Å². The number of aromatic nitrogens is 6. The van der Waals surface area contributed by atoms with E-state index >= 15 is 0 Å². The average molecular weight is 413 g/mol. The summed E-state index contributed by atoms with van der Waals surface area (Å²) in [4.78, 5) is 22.1. The van der Waals surface area contributed by atoms with Crippen LogP contribution in [0.3, 0.4) is 0 Å². The van der Waals surface area contributed by atoms with Gasteiger partial charge >= 0.3 is 0 Å². The van der Waals surface area contributed by atoms with Crippen molar-refractivity contribution in [1.82, 2.24) is 29.5 Å². The van der Waals surface area contributed by atoms with Gasteiger partial charge in [-0.3, -0.25) is 9.55 Å². The molecule has 0 spiro atoms. The van der Waals surface area contributed by atoms with Crippen molar-refractivity contribution in [1.29, 1.82) is 0 Å². The van der Waals surface area contributed by atoms with Crippen LogP contribution in [0.25, 0.3) is 39.8 Å². The van der Waals surface area contributed by atoms with Crippen LogP contribution in [0.5, 0.6) is 0 Å². The van der Waals surface area contributed by atoms with E-state index in [-0.39, 0.29) is 6.61 Å². The first-order chi connectivity index (χ1) is 15.1. The number of hydrogen-bond donors (Lipinski definition) is 2. The highest BCUT2D eigenvalue weighted by Gasteiger charge is 2.19. The molecule has 0 fully saturated rings. The van der Waals surface area contributed by atoms with E-state index in [2.05, 4.69) is 19.9 Å². The number of nitrogens with two attached hydrogens (primary N) is 1. The fraction of sp³-hybridized carbons (Fsp3) is 0.0455. The van der Waals surface area contributed by atoms with Crippen molar-refractivity contribution < 1.29 is 9.50 Å². The maximum Gasteiger partial charge on any atom is 0.198 e. The summed E-state index contributed by atoms with van der Waals surface area (Å²) in [7, 11) is 0. The third-order valence-corrected chi connectivity index (χ3v) is 4.82. The Bertz CT molecular complexity index is 1380. The first-order valence-corrected chi connectivity index (χ1v) is 9.42. The number of hydrogen-bond acceptors (Lipinski definition) is 7. The summed E-state index contributed by atoms with van der Waals surface area (Å²) in [5, 5.41) is 9.38. The van der Waals surface area contributed by atoms with Crippen molar-refractivity contribution in [3.8, 4) is 28.5 Å². The second-order valence-corrected chi connectivity index (χ2v) is 6.80. The van der Waals surface area contributed by atoms with E-state index in [1.807, 2.05) is 34.9 Å². The van der Waals surface area contributed by atoms with Crippen LogP contribution in [0.15, 0.2) is 67.1 Å². The predicted molar refractivity (Wildman–Crippen MR) is 113 cm³/mol. The van der Waals surface area contributed by atoms with Crippen molar-refractivity contribution in [3.63, 3.8) is 0 Å². The van der Waals surface area contributed by atoms with Crippen LogP contribution in [-0.2, 0) is 6.61 Å². The summed E-state index contributed by atoms with van der Waals surface area (Å²) in [6.45, 7) is -0.0619. The summed E-state index contributed by atoms with van der Waals surface area (Å²) in [6.07, 6.45) is 4.29. The van der Waals surface area contributed by atoms with Gasteiger partial charge < -0.3 is 10.8 Å². The normalized spacial score (nSPS) is 11.2. The minimum absolute atomic E-state index is 0.0619. The van der Waals surface area contributed by atoms with E-state index in [0.717, 1.165) is 17.4 Å². The van der Waals surface area contributed by atoms with Gasteiger partial charge in [0.05, 0.1) is 30.3 Å². The lowest BCUT2D eigenvalue weighted by atomic mass is 10.2. The highest BCUT2D eigenvalue weighted by molar-refractivity contribution is 5.81. The maximum absolute atomic E-state index is 13.3. The minimum Gasteiger partial charge on any atom is -0.392 e. The lowest BCUT2D eigenvalue weighted by Gasteiger charge is -2.11. The summed E-state index contributed by atoms with van der Waals surface area (Å²) < 4.78 is 15.1. The number of imidazole rings is 1. The molecular formula is C22H16FN7O. The summed E-state index contributed by atoms with van der Waals surface area (Å²) >= 11 is 0. The van der Waals surface area contributed by atoms with Gasteiger partial charge in [-0.05, 0) is 42.0 Å². The monoisotopic (exact) mass is 413 g/mol. The zero-order chi connectivity index (χ0) is 21.4. The van der Waals surface area contributed by atoms with E-state index in [1.54, 1.807) is 24.5 Å². The lowest BCUT2D eigenvalue weighted by molar-refractivity contribution is 0.282. The van der Waals surface area contributed by atoms with E-state index in [4.69, 9.17) is 10.7 Å². The fourth-order valence-electron chi connectivity index (χ4n) is 3.29.